The highest BCUT2D eigenvalue weighted by Gasteiger charge is 2.25. The van der Waals surface area contributed by atoms with Gasteiger partial charge in [-0.2, -0.15) is 0 Å². The lowest BCUT2D eigenvalue weighted by Gasteiger charge is -2.37. The highest BCUT2D eigenvalue weighted by atomic mass is 16.2. The number of amides is 2. The number of aryl methyl sites for hydroxylation is 3. The van der Waals surface area contributed by atoms with Crippen molar-refractivity contribution in [3.63, 3.8) is 0 Å². The van der Waals surface area contributed by atoms with Gasteiger partial charge in [0.2, 0.25) is 0 Å². The first-order valence-corrected chi connectivity index (χ1v) is 10.0. The first-order valence-electron chi connectivity index (χ1n) is 10.0. The van der Waals surface area contributed by atoms with Crippen LogP contribution in [0.25, 0.3) is 0 Å². The smallest absolute Gasteiger partial charge is 0.319 e. The van der Waals surface area contributed by atoms with Gasteiger partial charge in [-0.3, -0.25) is 0 Å². The summed E-state index contributed by atoms with van der Waals surface area (Å²) in [5, 5.41) is 0. The Morgan fingerprint density at radius 3 is 2.43 bits per heavy atom. The second-order valence-electron chi connectivity index (χ2n) is 7.69. The first-order chi connectivity index (χ1) is 13.4. The number of piperazine rings is 1. The van der Waals surface area contributed by atoms with Gasteiger partial charge in [0.1, 0.15) is 11.6 Å². The predicted octanol–water partition coefficient (Wildman–Crippen LogP) is 3.05. The molecule has 0 unspecified atom stereocenters. The Morgan fingerprint density at radius 1 is 1.11 bits per heavy atom. The van der Waals surface area contributed by atoms with Crippen molar-refractivity contribution in [1.82, 2.24) is 19.8 Å². The Kier molecular flexibility index (Phi) is 6.17. The molecule has 1 saturated heterocycles. The molecule has 0 radical (unpaired) electrons. The molecule has 0 saturated carbocycles. The van der Waals surface area contributed by atoms with E-state index in [0.717, 1.165) is 43.3 Å². The predicted molar refractivity (Wildman–Crippen MR) is 113 cm³/mol. The quantitative estimate of drug-likeness (QED) is 0.817. The van der Waals surface area contributed by atoms with Crippen molar-refractivity contribution in [2.75, 3.05) is 45.2 Å². The summed E-state index contributed by atoms with van der Waals surface area (Å²) in [5.41, 5.74) is 4.88. The van der Waals surface area contributed by atoms with Gasteiger partial charge in [-0.15, -0.1) is 0 Å². The number of carbonyl (C=O) groups is 1. The molecule has 3 rings (SSSR count). The Balaban J connectivity index is 1.88. The minimum Gasteiger partial charge on any atom is -0.353 e. The van der Waals surface area contributed by atoms with Gasteiger partial charge < -0.3 is 14.7 Å². The highest BCUT2D eigenvalue weighted by Crippen LogP contribution is 2.26. The third kappa shape index (κ3) is 4.43. The molecule has 0 atom stereocenters. The molecule has 0 bridgehead atoms. The molecule has 6 heteroatoms. The Hall–Kier alpha value is -2.63. The number of nitrogens with zero attached hydrogens (tertiary/aromatic N) is 5. The Bertz CT molecular complexity index is 841. The van der Waals surface area contributed by atoms with Gasteiger partial charge in [0.15, 0.2) is 0 Å². The lowest BCUT2D eigenvalue weighted by Crippen LogP contribution is -2.52. The number of hydrogen-bond donors (Lipinski definition) is 0. The van der Waals surface area contributed by atoms with Crippen LogP contribution in [0.4, 0.5) is 10.6 Å². The maximum Gasteiger partial charge on any atom is 0.319 e. The Morgan fingerprint density at radius 2 is 1.82 bits per heavy atom. The second-order valence-corrected chi connectivity index (χ2v) is 7.69. The van der Waals surface area contributed by atoms with Crippen LogP contribution in [0.2, 0.25) is 0 Å². The van der Waals surface area contributed by atoms with Gasteiger partial charge in [-0.1, -0.05) is 36.8 Å². The van der Waals surface area contributed by atoms with Crippen LogP contribution in [0.3, 0.4) is 0 Å². The SMILES string of the molecule is CCc1nc(C)nc(N2CCN(C(=O)N(C)C)CC2)c1Cc1cccc(C)c1. The van der Waals surface area contributed by atoms with Crippen molar-refractivity contribution < 1.29 is 4.79 Å². The maximum absolute atomic E-state index is 12.2. The molecule has 150 valence electrons. The molecule has 2 aromatic rings. The zero-order chi connectivity index (χ0) is 20.3. The fraction of sp³-hybridized carbons (Fsp3) is 0.500. The van der Waals surface area contributed by atoms with E-state index >= 15 is 0 Å². The first kappa shape index (κ1) is 20.1. The number of rotatable bonds is 4. The van der Waals surface area contributed by atoms with E-state index in [2.05, 4.69) is 43.0 Å². The van der Waals surface area contributed by atoms with Gasteiger partial charge in [0.05, 0.1) is 0 Å². The van der Waals surface area contributed by atoms with E-state index in [1.165, 1.54) is 16.7 Å². The summed E-state index contributed by atoms with van der Waals surface area (Å²) in [4.78, 5) is 27.7. The van der Waals surface area contributed by atoms with Crippen molar-refractivity contribution in [3.8, 4) is 0 Å². The molecule has 0 aliphatic carbocycles. The minimum absolute atomic E-state index is 0.0766. The topological polar surface area (TPSA) is 52.6 Å². The highest BCUT2D eigenvalue weighted by molar-refractivity contribution is 5.74. The number of carbonyl (C=O) groups excluding carboxylic acids is 1. The average Bonchev–Trinajstić information content (AvgIpc) is 2.68. The molecule has 6 nitrogen and oxygen atoms in total. The van der Waals surface area contributed by atoms with Crippen molar-refractivity contribution in [1.29, 1.82) is 0 Å². The van der Waals surface area contributed by atoms with Gasteiger partial charge >= 0.3 is 6.03 Å². The molecule has 28 heavy (non-hydrogen) atoms. The maximum atomic E-state index is 12.2. The summed E-state index contributed by atoms with van der Waals surface area (Å²) in [5.74, 6) is 1.84. The lowest BCUT2D eigenvalue weighted by atomic mass is 10.0. The third-order valence-corrected chi connectivity index (χ3v) is 5.21. The second kappa shape index (κ2) is 8.59. The van der Waals surface area contributed by atoms with E-state index in [0.29, 0.717) is 13.1 Å². The van der Waals surface area contributed by atoms with Crippen LogP contribution in [-0.2, 0) is 12.8 Å². The van der Waals surface area contributed by atoms with E-state index in [-0.39, 0.29) is 6.03 Å². The zero-order valence-electron chi connectivity index (χ0n) is 17.7. The summed E-state index contributed by atoms with van der Waals surface area (Å²) in [6.45, 7) is 9.25. The summed E-state index contributed by atoms with van der Waals surface area (Å²) >= 11 is 0. The lowest BCUT2D eigenvalue weighted by molar-refractivity contribution is 0.168. The van der Waals surface area contributed by atoms with Crippen molar-refractivity contribution in [3.05, 3.63) is 52.5 Å². The van der Waals surface area contributed by atoms with E-state index in [1.54, 1.807) is 19.0 Å². The van der Waals surface area contributed by atoms with Crippen LogP contribution < -0.4 is 4.90 Å². The molecule has 0 N–H and O–H groups in total. The number of hydrogen-bond acceptors (Lipinski definition) is 4. The average molecular weight is 382 g/mol. The van der Waals surface area contributed by atoms with E-state index in [9.17, 15) is 4.79 Å². The molecule has 2 heterocycles. The van der Waals surface area contributed by atoms with Crippen molar-refractivity contribution >= 4 is 11.8 Å². The van der Waals surface area contributed by atoms with Crippen LogP contribution in [-0.4, -0.2) is 66.1 Å². The summed E-state index contributed by atoms with van der Waals surface area (Å²) < 4.78 is 0. The molecular weight excluding hydrogens is 350 g/mol. The fourth-order valence-corrected chi connectivity index (χ4v) is 3.79. The summed E-state index contributed by atoms with van der Waals surface area (Å²) in [7, 11) is 3.60. The van der Waals surface area contributed by atoms with E-state index in [1.807, 2.05) is 11.8 Å². The number of benzene rings is 1. The largest absolute Gasteiger partial charge is 0.353 e. The number of anilines is 1. The molecular formula is C22H31N5O. The minimum atomic E-state index is 0.0766. The van der Waals surface area contributed by atoms with Crippen LogP contribution in [0.15, 0.2) is 24.3 Å². The van der Waals surface area contributed by atoms with Crippen LogP contribution in [0, 0.1) is 13.8 Å². The normalized spacial score (nSPS) is 14.3. The van der Waals surface area contributed by atoms with Crippen molar-refractivity contribution in [2.45, 2.75) is 33.6 Å². The van der Waals surface area contributed by atoms with Gasteiger partial charge in [-0.05, 0) is 25.8 Å². The van der Waals surface area contributed by atoms with Crippen LogP contribution in [0.1, 0.15) is 35.1 Å². The van der Waals surface area contributed by atoms with Gasteiger partial charge in [0.25, 0.3) is 0 Å². The van der Waals surface area contributed by atoms with Crippen LogP contribution in [0.5, 0.6) is 0 Å². The Labute approximate surface area is 168 Å². The molecule has 1 aliphatic rings. The molecule has 1 aliphatic heterocycles. The van der Waals surface area contributed by atoms with Crippen molar-refractivity contribution in [2.24, 2.45) is 0 Å². The molecule has 0 spiro atoms. The summed E-state index contributed by atoms with van der Waals surface area (Å²) in [6.07, 6.45) is 1.72. The van der Waals surface area contributed by atoms with Gasteiger partial charge in [-0.25, -0.2) is 14.8 Å². The molecule has 1 aromatic carbocycles. The van der Waals surface area contributed by atoms with E-state index < -0.39 is 0 Å². The summed E-state index contributed by atoms with van der Waals surface area (Å²) in [6, 6.07) is 8.71. The fourth-order valence-electron chi connectivity index (χ4n) is 3.79. The number of aromatic nitrogens is 2. The molecule has 2 amide bonds. The number of urea groups is 1. The van der Waals surface area contributed by atoms with Gasteiger partial charge in [0, 0.05) is 58.0 Å². The molecule has 1 fully saturated rings. The standard InChI is InChI=1S/C22H31N5O/c1-6-20-19(15-18-9-7-8-16(2)14-18)21(24-17(3)23-20)26-10-12-27(13-11-26)22(28)25(4)5/h7-9,14H,6,10-13,15H2,1-5H3. The van der Waals surface area contributed by atoms with Crippen LogP contribution >= 0.6 is 0 Å². The molecule has 1 aromatic heterocycles. The monoisotopic (exact) mass is 381 g/mol. The van der Waals surface area contributed by atoms with E-state index in [4.69, 9.17) is 9.97 Å². The zero-order valence-corrected chi connectivity index (χ0v) is 17.7. The third-order valence-electron chi connectivity index (χ3n) is 5.21.